The predicted molar refractivity (Wildman–Crippen MR) is 84.5 cm³/mol. The van der Waals surface area contributed by atoms with Crippen molar-refractivity contribution in [2.45, 2.75) is 44.7 Å². The van der Waals surface area contributed by atoms with E-state index in [4.69, 9.17) is 4.74 Å². The van der Waals surface area contributed by atoms with E-state index in [0.717, 1.165) is 5.75 Å². The van der Waals surface area contributed by atoms with Crippen molar-refractivity contribution in [3.63, 3.8) is 0 Å². The lowest BCUT2D eigenvalue weighted by molar-refractivity contribution is 0.419. The van der Waals surface area contributed by atoms with Crippen LogP contribution in [0.25, 0.3) is 10.8 Å². The number of rotatable bonds is 3. The van der Waals surface area contributed by atoms with Gasteiger partial charge in [-0.1, -0.05) is 37.3 Å². The summed E-state index contributed by atoms with van der Waals surface area (Å²) in [7, 11) is 1.75. The SMILES string of the molecule is CCC1NC(C)CC1c1ccc(OC)c2ccccc12. The largest absolute Gasteiger partial charge is 0.496 e. The van der Waals surface area contributed by atoms with E-state index in [-0.39, 0.29) is 0 Å². The highest BCUT2D eigenvalue weighted by Gasteiger charge is 2.32. The van der Waals surface area contributed by atoms with E-state index in [9.17, 15) is 0 Å². The van der Waals surface area contributed by atoms with Crippen LogP contribution in [0, 0.1) is 0 Å². The zero-order chi connectivity index (χ0) is 14.1. The molecule has 20 heavy (non-hydrogen) atoms. The predicted octanol–water partition coefficient (Wildman–Crippen LogP) is 4.09. The summed E-state index contributed by atoms with van der Waals surface area (Å²) in [6.45, 7) is 4.56. The van der Waals surface area contributed by atoms with Crippen LogP contribution in [-0.2, 0) is 0 Å². The smallest absolute Gasteiger partial charge is 0.126 e. The third kappa shape index (κ3) is 2.18. The Labute approximate surface area is 121 Å². The summed E-state index contributed by atoms with van der Waals surface area (Å²) < 4.78 is 5.50. The molecule has 2 heteroatoms. The third-order valence-corrected chi connectivity index (χ3v) is 4.57. The van der Waals surface area contributed by atoms with Crippen LogP contribution < -0.4 is 10.1 Å². The Morgan fingerprint density at radius 2 is 1.90 bits per heavy atom. The Balaban J connectivity index is 2.12. The van der Waals surface area contributed by atoms with Gasteiger partial charge in [0.1, 0.15) is 5.75 Å². The van der Waals surface area contributed by atoms with Crippen molar-refractivity contribution in [1.29, 1.82) is 0 Å². The molecule has 1 N–H and O–H groups in total. The van der Waals surface area contributed by atoms with E-state index in [2.05, 4.69) is 55.6 Å². The van der Waals surface area contributed by atoms with Crippen molar-refractivity contribution in [3.05, 3.63) is 42.0 Å². The first-order chi connectivity index (χ1) is 9.74. The zero-order valence-corrected chi connectivity index (χ0v) is 12.5. The minimum atomic E-state index is 0.585. The van der Waals surface area contributed by atoms with Crippen molar-refractivity contribution in [1.82, 2.24) is 5.32 Å². The Bertz CT molecular complexity index is 607. The van der Waals surface area contributed by atoms with Gasteiger partial charge in [-0.3, -0.25) is 0 Å². The van der Waals surface area contributed by atoms with Crippen molar-refractivity contribution < 1.29 is 4.74 Å². The van der Waals surface area contributed by atoms with Crippen LogP contribution in [0.2, 0.25) is 0 Å². The van der Waals surface area contributed by atoms with Gasteiger partial charge >= 0.3 is 0 Å². The number of methoxy groups -OCH3 is 1. The van der Waals surface area contributed by atoms with E-state index in [0.29, 0.717) is 18.0 Å². The minimum Gasteiger partial charge on any atom is -0.496 e. The molecule has 0 amide bonds. The van der Waals surface area contributed by atoms with Crippen molar-refractivity contribution in [2.75, 3.05) is 7.11 Å². The number of nitrogens with one attached hydrogen (secondary N) is 1. The van der Waals surface area contributed by atoms with Crippen LogP contribution in [0.4, 0.5) is 0 Å². The fraction of sp³-hybridized carbons (Fsp3) is 0.444. The number of fused-ring (bicyclic) bond motifs is 1. The Kier molecular flexibility index (Phi) is 3.66. The molecule has 0 aromatic heterocycles. The highest BCUT2D eigenvalue weighted by Crippen LogP contribution is 2.38. The summed E-state index contributed by atoms with van der Waals surface area (Å²) in [6, 6.07) is 14.2. The molecule has 3 atom stereocenters. The molecule has 0 saturated carbocycles. The second-order valence-corrected chi connectivity index (χ2v) is 5.83. The van der Waals surface area contributed by atoms with Crippen molar-refractivity contribution in [3.8, 4) is 5.75 Å². The summed E-state index contributed by atoms with van der Waals surface area (Å²) in [5.41, 5.74) is 1.46. The molecule has 1 aliphatic rings. The van der Waals surface area contributed by atoms with Crippen molar-refractivity contribution >= 4 is 10.8 Å². The second-order valence-electron chi connectivity index (χ2n) is 5.83. The zero-order valence-electron chi connectivity index (χ0n) is 12.5. The average Bonchev–Trinajstić information content (AvgIpc) is 2.87. The lowest BCUT2D eigenvalue weighted by Crippen LogP contribution is -2.28. The van der Waals surface area contributed by atoms with Gasteiger partial charge in [-0.05, 0) is 36.8 Å². The lowest BCUT2D eigenvalue weighted by atomic mass is 9.86. The first-order valence-electron chi connectivity index (χ1n) is 7.56. The van der Waals surface area contributed by atoms with Gasteiger partial charge in [0.2, 0.25) is 0 Å². The molecule has 0 spiro atoms. The maximum Gasteiger partial charge on any atom is 0.126 e. The molecule has 2 aromatic rings. The summed E-state index contributed by atoms with van der Waals surface area (Å²) in [6.07, 6.45) is 2.39. The number of ether oxygens (including phenoxy) is 1. The highest BCUT2D eigenvalue weighted by atomic mass is 16.5. The van der Waals surface area contributed by atoms with E-state index < -0.39 is 0 Å². The van der Waals surface area contributed by atoms with Crippen LogP contribution in [0.15, 0.2) is 36.4 Å². The molecule has 1 fully saturated rings. The van der Waals surface area contributed by atoms with Gasteiger partial charge in [-0.15, -0.1) is 0 Å². The lowest BCUT2D eigenvalue weighted by Gasteiger charge is -2.21. The minimum absolute atomic E-state index is 0.585. The first-order valence-corrected chi connectivity index (χ1v) is 7.56. The Morgan fingerprint density at radius 1 is 1.15 bits per heavy atom. The molecule has 1 heterocycles. The molecule has 3 rings (SSSR count). The summed E-state index contributed by atoms with van der Waals surface area (Å²) >= 11 is 0. The first kappa shape index (κ1) is 13.4. The maximum absolute atomic E-state index is 5.50. The molecular weight excluding hydrogens is 246 g/mol. The Hall–Kier alpha value is -1.54. The van der Waals surface area contributed by atoms with Gasteiger partial charge in [0, 0.05) is 23.4 Å². The van der Waals surface area contributed by atoms with Crippen LogP contribution in [-0.4, -0.2) is 19.2 Å². The van der Waals surface area contributed by atoms with Gasteiger partial charge in [0.15, 0.2) is 0 Å². The molecular formula is C18H23NO. The van der Waals surface area contributed by atoms with Gasteiger partial charge in [0.25, 0.3) is 0 Å². The molecule has 2 nitrogen and oxygen atoms in total. The van der Waals surface area contributed by atoms with Gasteiger partial charge in [0.05, 0.1) is 7.11 Å². The van der Waals surface area contributed by atoms with Crippen LogP contribution in [0.3, 0.4) is 0 Å². The maximum atomic E-state index is 5.50. The molecule has 2 aromatic carbocycles. The fourth-order valence-corrected chi connectivity index (χ4v) is 3.64. The van der Waals surface area contributed by atoms with E-state index in [1.54, 1.807) is 7.11 Å². The normalized spacial score (nSPS) is 26.1. The summed E-state index contributed by atoms with van der Waals surface area (Å²) in [5.74, 6) is 1.57. The van der Waals surface area contributed by atoms with Crippen LogP contribution in [0.1, 0.15) is 38.2 Å². The molecule has 1 saturated heterocycles. The Morgan fingerprint density at radius 3 is 2.60 bits per heavy atom. The molecule has 0 aliphatic carbocycles. The molecule has 0 bridgehead atoms. The molecule has 106 valence electrons. The second kappa shape index (κ2) is 5.45. The van der Waals surface area contributed by atoms with Gasteiger partial charge in [-0.25, -0.2) is 0 Å². The highest BCUT2D eigenvalue weighted by molar-refractivity contribution is 5.91. The molecule has 0 radical (unpaired) electrons. The number of hydrogen-bond donors (Lipinski definition) is 1. The summed E-state index contributed by atoms with van der Waals surface area (Å²) in [5, 5.41) is 6.28. The summed E-state index contributed by atoms with van der Waals surface area (Å²) in [4.78, 5) is 0. The molecule has 3 unspecified atom stereocenters. The van der Waals surface area contributed by atoms with E-state index in [1.165, 1.54) is 29.2 Å². The van der Waals surface area contributed by atoms with Crippen molar-refractivity contribution in [2.24, 2.45) is 0 Å². The average molecular weight is 269 g/mol. The fourth-order valence-electron chi connectivity index (χ4n) is 3.64. The van der Waals surface area contributed by atoms with E-state index >= 15 is 0 Å². The monoisotopic (exact) mass is 269 g/mol. The molecule has 1 aliphatic heterocycles. The van der Waals surface area contributed by atoms with E-state index in [1.807, 2.05) is 0 Å². The van der Waals surface area contributed by atoms with Gasteiger partial charge in [-0.2, -0.15) is 0 Å². The third-order valence-electron chi connectivity index (χ3n) is 4.57. The van der Waals surface area contributed by atoms with Crippen LogP contribution in [0.5, 0.6) is 5.75 Å². The standard InChI is InChI=1S/C18H23NO/c1-4-17-16(11-12(2)19-17)14-9-10-18(20-3)15-8-6-5-7-13(14)15/h5-10,12,16-17,19H,4,11H2,1-3H3. The quantitative estimate of drug-likeness (QED) is 0.906. The van der Waals surface area contributed by atoms with Gasteiger partial charge < -0.3 is 10.1 Å². The number of hydrogen-bond acceptors (Lipinski definition) is 2. The topological polar surface area (TPSA) is 21.3 Å². The number of benzene rings is 2. The van der Waals surface area contributed by atoms with Crippen LogP contribution >= 0.6 is 0 Å².